The average molecular weight is 269 g/mol. The normalized spacial score (nSPS) is 16.4. The summed E-state index contributed by atoms with van der Waals surface area (Å²) in [6, 6.07) is 0. The van der Waals surface area contributed by atoms with Gasteiger partial charge in [-0.2, -0.15) is 0 Å². The maximum absolute atomic E-state index is 12.0. The summed E-state index contributed by atoms with van der Waals surface area (Å²) in [5.74, 6) is 0.359. The van der Waals surface area contributed by atoms with Gasteiger partial charge >= 0.3 is 6.09 Å². The van der Waals surface area contributed by atoms with Gasteiger partial charge in [0.05, 0.1) is 0 Å². The summed E-state index contributed by atoms with van der Waals surface area (Å²) in [6.45, 7) is 16.8. The van der Waals surface area contributed by atoms with E-state index in [0.29, 0.717) is 12.5 Å². The zero-order chi connectivity index (χ0) is 15.3. The van der Waals surface area contributed by atoms with Crippen LogP contribution in [-0.2, 0) is 4.74 Å². The van der Waals surface area contributed by atoms with Crippen LogP contribution in [0, 0.1) is 11.3 Å². The largest absolute Gasteiger partial charge is 0.444 e. The van der Waals surface area contributed by atoms with Crippen molar-refractivity contribution in [2.24, 2.45) is 11.3 Å². The molecule has 112 valence electrons. The number of hydrogen-bond acceptors (Lipinski definition) is 2. The van der Waals surface area contributed by atoms with Crippen LogP contribution in [0.15, 0.2) is 12.7 Å². The van der Waals surface area contributed by atoms with Gasteiger partial charge in [0.25, 0.3) is 0 Å². The van der Waals surface area contributed by atoms with Crippen LogP contribution in [-0.4, -0.2) is 30.2 Å². The second-order valence-electron chi connectivity index (χ2n) is 6.76. The number of carbonyl (C=O) groups is 1. The minimum atomic E-state index is -0.448. The molecule has 0 radical (unpaired) electrons. The second kappa shape index (κ2) is 6.97. The predicted molar refractivity (Wildman–Crippen MR) is 81.2 cm³/mol. The highest BCUT2D eigenvalue weighted by Gasteiger charge is 2.32. The first-order valence-electron chi connectivity index (χ1n) is 7.12. The van der Waals surface area contributed by atoms with E-state index in [0.717, 1.165) is 12.8 Å². The summed E-state index contributed by atoms with van der Waals surface area (Å²) in [7, 11) is 1.80. The number of nitrogens with zero attached hydrogens (tertiary/aromatic N) is 1. The Kier molecular flexibility index (Phi) is 6.61. The monoisotopic (exact) mass is 269 g/mol. The maximum Gasteiger partial charge on any atom is 0.410 e. The molecular weight excluding hydrogens is 238 g/mol. The molecule has 0 aliphatic carbocycles. The molecule has 0 rings (SSSR count). The van der Waals surface area contributed by atoms with Gasteiger partial charge in [-0.25, -0.2) is 4.79 Å². The van der Waals surface area contributed by atoms with Crippen molar-refractivity contribution in [2.75, 3.05) is 13.6 Å². The van der Waals surface area contributed by atoms with Crippen LogP contribution in [0.2, 0.25) is 0 Å². The Morgan fingerprint density at radius 1 is 1.37 bits per heavy atom. The summed E-state index contributed by atoms with van der Waals surface area (Å²) in [5.41, 5.74) is -0.404. The smallest absolute Gasteiger partial charge is 0.410 e. The number of allylic oxidation sites excluding steroid dienone is 1. The molecule has 0 N–H and O–H groups in total. The summed E-state index contributed by atoms with van der Waals surface area (Å²) in [6.07, 6.45) is 3.87. The molecule has 3 nitrogen and oxygen atoms in total. The van der Waals surface area contributed by atoms with Crippen molar-refractivity contribution in [3.8, 4) is 0 Å². The lowest BCUT2D eigenvalue weighted by Crippen LogP contribution is -2.42. The highest BCUT2D eigenvalue weighted by atomic mass is 16.6. The van der Waals surface area contributed by atoms with Gasteiger partial charge in [0.15, 0.2) is 0 Å². The second-order valence-corrected chi connectivity index (χ2v) is 6.76. The Balaban J connectivity index is 4.76. The molecule has 3 heteroatoms. The summed E-state index contributed by atoms with van der Waals surface area (Å²) >= 11 is 0. The molecule has 0 spiro atoms. The van der Waals surface area contributed by atoms with Gasteiger partial charge in [0.1, 0.15) is 5.60 Å². The van der Waals surface area contributed by atoms with Gasteiger partial charge in [-0.05, 0) is 38.5 Å². The molecule has 0 heterocycles. The third-order valence-electron chi connectivity index (χ3n) is 3.58. The molecule has 0 fully saturated rings. The van der Waals surface area contributed by atoms with Crippen molar-refractivity contribution >= 4 is 6.09 Å². The predicted octanol–water partition coefficient (Wildman–Crippen LogP) is 4.48. The van der Waals surface area contributed by atoms with Crippen molar-refractivity contribution < 1.29 is 9.53 Å². The van der Waals surface area contributed by atoms with Gasteiger partial charge < -0.3 is 9.64 Å². The molecule has 2 unspecified atom stereocenters. The van der Waals surface area contributed by atoms with Crippen LogP contribution >= 0.6 is 0 Å². The first kappa shape index (κ1) is 18.0. The van der Waals surface area contributed by atoms with Crippen LogP contribution in [0.1, 0.15) is 54.4 Å². The van der Waals surface area contributed by atoms with Crippen LogP contribution in [0.4, 0.5) is 4.79 Å². The molecule has 0 aromatic rings. The average Bonchev–Trinajstić information content (AvgIpc) is 2.25. The molecule has 0 aromatic carbocycles. The third kappa shape index (κ3) is 6.13. The Labute approximate surface area is 119 Å². The number of amides is 1. The molecule has 0 bridgehead atoms. The van der Waals surface area contributed by atoms with Crippen molar-refractivity contribution in [2.45, 2.75) is 60.0 Å². The maximum atomic E-state index is 12.0. The van der Waals surface area contributed by atoms with E-state index in [-0.39, 0.29) is 11.5 Å². The lowest BCUT2D eigenvalue weighted by atomic mass is 9.74. The standard InChI is InChI=1S/C16H31NO2/c1-9-11-16(7,13(3)10-2)12-17(8)14(18)19-15(4,5)6/h10,13H,2,9,11-12H2,1,3-8H3. The molecule has 2 atom stereocenters. The Morgan fingerprint density at radius 2 is 1.89 bits per heavy atom. The molecule has 0 aliphatic rings. The van der Waals surface area contributed by atoms with E-state index in [1.807, 2.05) is 26.8 Å². The number of hydrogen-bond donors (Lipinski definition) is 0. The number of rotatable bonds is 6. The van der Waals surface area contributed by atoms with Crippen LogP contribution in [0.3, 0.4) is 0 Å². The Bertz CT molecular complexity index is 306. The van der Waals surface area contributed by atoms with Gasteiger partial charge in [0, 0.05) is 13.6 Å². The minimum Gasteiger partial charge on any atom is -0.444 e. The molecule has 0 aromatic heterocycles. The first-order valence-corrected chi connectivity index (χ1v) is 7.12. The molecule has 0 saturated heterocycles. The fraction of sp³-hybridized carbons (Fsp3) is 0.812. The molecule has 0 aliphatic heterocycles. The number of carbonyl (C=O) groups excluding carboxylic acids is 1. The number of ether oxygens (including phenoxy) is 1. The Hall–Kier alpha value is -0.990. The first-order chi connectivity index (χ1) is 8.55. The summed E-state index contributed by atoms with van der Waals surface area (Å²) in [5, 5.41) is 0. The van der Waals surface area contributed by atoms with Gasteiger partial charge in [-0.3, -0.25) is 0 Å². The lowest BCUT2D eigenvalue weighted by Gasteiger charge is -2.38. The Morgan fingerprint density at radius 3 is 2.26 bits per heavy atom. The van der Waals surface area contributed by atoms with Gasteiger partial charge in [-0.15, -0.1) is 6.58 Å². The van der Waals surface area contributed by atoms with E-state index >= 15 is 0 Å². The molecular formula is C16H31NO2. The van der Waals surface area contributed by atoms with E-state index in [1.54, 1.807) is 11.9 Å². The topological polar surface area (TPSA) is 29.5 Å². The van der Waals surface area contributed by atoms with E-state index in [1.165, 1.54) is 0 Å². The van der Waals surface area contributed by atoms with Crippen LogP contribution in [0.25, 0.3) is 0 Å². The van der Waals surface area contributed by atoms with Crippen molar-refractivity contribution in [1.29, 1.82) is 0 Å². The quantitative estimate of drug-likeness (QED) is 0.665. The molecule has 0 saturated carbocycles. The van der Waals surface area contributed by atoms with Gasteiger partial charge in [-0.1, -0.05) is 33.3 Å². The van der Waals surface area contributed by atoms with Crippen LogP contribution < -0.4 is 0 Å². The molecule has 1 amide bonds. The van der Waals surface area contributed by atoms with E-state index in [9.17, 15) is 4.79 Å². The highest BCUT2D eigenvalue weighted by molar-refractivity contribution is 5.67. The van der Waals surface area contributed by atoms with E-state index in [4.69, 9.17) is 4.74 Å². The fourth-order valence-electron chi connectivity index (χ4n) is 2.25. The minimum absolute atomic E-state index is 0.0438. The van der Waals surface area contributed by atoms with Crippen molar-refractivity contribution in [3.05, 3.63) is 12.7 Å². The SMILES string of the molecule is C=CC(C)C(C)(CCC)CN(C)C(=O)OC(C)(C)C. The van der Waals surface area contributed by atoms with Crippen molar-refractivity contribution in [1.82, 2.24) is 4.90 Å². The van der Waals surface area contributed by atoms with Gasteiger partial charge in [0.2, 0.25) is 0 Å². The van der Waals surface area contributed by atoms with Crippen molar-refractivity contribution in [3.63, 3.8) is 0 Å². The fourth-order valence-corrected chi connectivity index (χ4v) is 2.25. The lowest BCUT2D eigenvalue weighted by molar-refractivity contribution is 0.0188. The van der Waals surface area contributed by atoms with Crippen LogP contribution in [0.5, 0.6) is 0 Å². The zero-order valence-electron chi connectivity index (χ0n) is 13.7. The summed E-state index contributed by atoms with van der Waals surface area (Å²) < 4.78 is 5.40. The zero-order valence-corrected chi connectivity index (χ0v) is 13.7. The third-order valence-corrected chi connectivity index (χ3v) is 3.58. The highest BCUT2D eigenvalue weighted by Crippen LogP contribution is 2.34. The van der Waals surface area contributed by atoms with E-state index in [2.05, 4.69) is 27.4 Å². The van der Waals surface area contributed by atoms with E-state index < -0.39 is 5.60 Å². The summed E-state index contributed by atoms with van der Waals surface area (Å²) in [4.78, 5) is 13.7. The molecule has 19 heavy (non-hydrogen) atoms.